The first-order valence-corrected chi connectivity index (χ1v) is 15.8. The lowest BCUT2D eigenvalue weighted by Gasteiger charge is -2.30. The number of fused-ring (bicyclic) bond motifs is 1. The normalized spacial score (nSPS) is 13.5. The van der Waals surface area contributed by atoms with Crippen molar-refractivity contribution in [1.29, 1.82) is 0 Å². The van der Waals surface area contributed by atoms with E-state index in [0.29, 0.717) is 42.1 Å². The molecule has 0 aromatic heterocycles. The number of aliphatic hydroxyl groups is 1. The van der Waals surface area contributed by atoms with Gasteiger partial charge in [-0.25, -0.2) is 4.39 Å². The number of nitrogens with one attached hydrogen (secondary N) is 1. The van der Waals surface area contributed by atoms with Crippen LogP contribution in [0.15, 0.2) is 102 Å². The Hall–Kier alpha value is -4.95. The molecule has 4 aromatic rings. The smallest absolute Gasteiger partial charge is 0.215 e. The highest BCUT2D eigenvalue weighted by Crippen LogP contribution is 2.47. The zero-order chi connectivity index (χ0) is 35.9. The number of carbonyl (C=O) groups is 2. The Morgan fingerprint density at radius 2 is 1.52 bits per heavy atom. The average Bonchev–Trinajstić information content (AvgIpc) is 3.22. The van der Waals surface area contributed by atoms with Gasteiger partial charge in [0.25, 0.3) is 0 Å². The largest absolute Gasteiger partial charge is 0.506 e. The van der Waals surface area contributed by atoms with E-state index in [9.17, 15) is 9.90 Å². The topological polar surface area (TPSA) is 99.1 Å². The number of halogens is 1. The number of aliphatic hydroxyl groups excluding tert-OH is 1. The van der Waals surface area contributed by atoms with Crippen LogP contribution in [0.5, 0.6) is 11.5 Å². The Labute approximate surface area is 284 Å². The van der Waals surface area contributed by atoms with Crippen molar-refractivity contribution in [1.82, 2.24) is 0 Å². The number of carbonyl (C=O) groups excluding carboxylic acids is 2. The summed E-state index contributed by atoms with van der Waals surface area (Å²) in [5.74, 6) is -0.0178. The molecule has 0 radical (unpaired) electrons. The molecule has 0 spiro atoms. The molecule has 1 unspecified atom stereocenters. The SMILES string of the molecule is C=O.CCC(C)(C)CC1=C(C)C(c2ccc(OCc3ccccc3)cc2F)N(C=O)c2cccc(O)c2N1.CO.Cc1ccccc1C. The third kappa shape index (κ3) is 10.3. The number of hydrogen-bond acceptors (Lipinski definition) is 6. The van der Waals surface area contributed by atoms with Gasteiger partial charge in [-0.1, -0.05) is 87.9 Å². The first-order valence-electron chi connectivity index (χ1n) is 15.8. The number of phenols is 1. The van der Waals surface area contributed by atoms with E-state index < -0.39 is 11.9 Å². The molecule has 48 heavy (non-hydrogen) atoms. The Morgan fingerprint density at radius 1 is 0.917 bits per heavy atom. The van der Waals surface area contributed by atoms with Gasteiger partial charge in [0.1, 0.15) is 36.4 Å². The molecule has 1 amide bonds. The zero-order valence-electron chi connectivity index (χ0n) is 29.1. The van der Waals surface area contributed by atoms with Crippen molar-refractivity contribution in [2.45, 2.75) is 67.0 Å². The quantitative estimate of drug-likeness (QED) is 0.129. The van der Waals surface area contributed by atoms with Crippen molar-refractivity contribution in [3.63, 3.8) is 0 Å². The lowest BCUT2D eigenvalue weighted by Crippen LogP contribution is -2.29. The monoisotopic (exact) mass is 656 g/mol. The fraction of sp³-hybridized carbons (Fsp3) is 0.300. The summed E-state index contributed by atoms with van der Waals surface area (Å²) in [6, 6.07) is 27.1. The molecule has 4 aromatic carbocycles. The highest BCUT2D eigenvalue weighted by molar-refractivity contribution is 5.90. The Morgan fingerprint density at radius 3 is 2.06 bits per heavy atom. The van der Waals surface area contributed by atoms with E-state index in [4.69, 9.17) is 14.6 Å². The molecule has 1 aliphatic rings. The van der Waals surface area contributed by atoms with Crippen LogP contribution in [0.3, 0.4) is 0 Å². The summed E-state index contributed by atoms with van der Waals surface area (Å²) in [7, 11) is 1.00. The molecule has 3 N–H and O–H groups in total. The van der Waals surface area contributed by atoms with Gasteiger partial charge in [0.2, 0.25) is 6.41 Å². The Bertz CT molecular complexity index is 1620. The van der Waals surface area contributed by atoms with Gasteiger partial charge < -0.3 is 30.0 Å². The van der Waals surface area contributed by atoms with Crippen molar-refractivity contribution < 1.29 is 28.9 Å². The summed E-state index contributed by atoms with van der Waals surface area (Å²) >= 11 is 0. The minimum absolute atomic E-state index is 0.0322. The van der Waals surface area contributed by atoms with E-state index in [1.54, 1.807) is 30.3 Å². The first kappa shape index (κ1) is 39.2. The van der Waals surface area contributed by atoms with Gasteiger partial charge in [-0.3, -0.25) is 4.79 Å². The highest BCUT2D eigenvalue weighted by atomic mass is 19.1. The molecule has 7 nitrogen and oxygen atoms in total. The van der Waals surface area contributed by atoms with Gasteiger partial charge >= 0.3 is 0 Å². The molecular weight excluding hydrogens is 607 g/mol. The third-order valence-electron chi connectivity index (χ3n) is 8.41. The molecule has 0 saturated carbocycles. The number of amides is 1. The highest BCUT2D eigenvalue weighted by Gasteiger charge is 2.34. The second-order valence-electron chi connectivity index (χ2n) is 12.1. The van der Waals surface area contributed by atoms with Gasteiger partial charge in [0.05, 0.1) is 11.7 Å². The van der Waals surface area contributed by atoms with Crippen molar-refractivity contribution in [2.24, 2.45) is 5.41 Å². The number of phenolic OH excluding ortho intramolecular Hbond substituents is 1. The lowest BCUT2D eigenvalue weighted by atomic mass is 9.83. The minimum Gasteiger partial charge on any atom is -0.506 e. The van der Waals surface area contributed by atoms with Crippen LogP contribution in [0.1, 0.15) is 68.8 Å². The Balaban J connectivity index is 0.000000571. The van der Waals surface area contributed by atoms with Gasteiger partial charge in [-0.05, 0) is 79.1 Å². The van der Waals surface area contributed by atoms with Crippen LogP contribution >= 0.6 is 0 Å². The van der Waals surface area contributed by atoms with Crippen LogP contribution in [0.4, 0.5) is 15.8 Å². The fourth-order valence-electron chi connectivity index (χ4n) is 5.14. The third-order valence-corrected chi connectivity index (χ3v) is 8.41. The fourth-order valence-corrected chi connectivity index (χ4v) is 5.14. The second kappa shape index (κ2) is 19.0. The summed E-state index contributed by atoms with van der Waals surface area (Å²) in [6.07, 6.45) is 2.30. The maximum Gasteiger partial charge on any atom is 0.215 e. The Kier molecular flexibility index (Phi) is 15.5. The van der Waals surface area contributed by atoms with E-state index in [1.165, 1.54) is 22.1 Å². The number of aryl methyl sites for hydroxylation is 2. The van der Waals surface area contributed by atoms with Gasteiger partial charge in [0.15, 0.2) is 0 Å². The number of hydrogen-bond donors (Lipinski definition) is 3. The molecule has 1 atom stereocenters. The molecule has 256 valence electrons. The van der Waals surface area contributed by atoms with E-state index >= 15 is 4.39 Å². The molecule has 0 saturated heterocycles. The van der Waals surface area contributed by atoms with Crippen LogP contribution in [0.25, 0.3) is 0 Å². The summed E-state index contributed by atoms with van der Waals surface area (Å²) in [5.41, 5.74) is 6.65. The van der Waals surface area contributed by atoms with Gasteiger partial charge in [-0.15, -0.1) is 0 Å². The van der Waals surface area contributed by atoms with E-state index in [0.717, 1.165) is 30.4 Å². The van der Waals surface area contributed by atoms with Crippen LogP contribution in [0, 0.1) is 25.1 Å². The minimum atomic E-state index is -0.691. The number of para-hydroxylation sites is 1. The number of allylic oxidation sites excluding steroid dienone is 1. The molecule has 1 aliphatic heterocycles. The number of aromatic hydroxyl groups is 1. The van der Waals surface area contributed by atoms with Crippen molar-refractivity contribution in [3.05, 3.63) is 130 Å². The van der Waals surface area contributed by atoms with Crippen LogP contribution in [-0.2, 0) is 16.2 Å². The van der Waals surface area contributed by atoms with Crippen molar-refractivity contribution >= 4 is 24.6 Å². The molecule has 8 heteroatoms. The second-order valence-corrected chi connectivity index (χ2v) is 12.1. The lowest BCUT2D eigenvalue weighted by molar-refractivity contribution is -0.107. The molecule has 1 heterocycles. The average molecular weight is 657 g/mol. The molecular formula is C40H49FN2O5. The van der Waals surface area contributed by atoms with Crippen molar-refractivity contribution in [3.8, 4) is 11.5 Å². The van der Waals surface area contributed by atoms with Gasteiger partial charge in [-0.2, -0.15) is 0 Å². The molecule has 5 rings (SSSR count). The van der Waals surface area contributed by atoms with Crippen LogP contribution in [0.2, 0.25) is 0 Å². The number of nitrogens with zero attached hydrogens (tertiary/aromatic N) is 1. The summed E-state index contributed by atoms with van der Waals surface area (Å²) in [5, 5.41) is 21.0. The van der Waals surface area contributed by atoms with E-state index in [-0.39, 0.29) is 11.2 Å². The predicted octanol–water partition coefficient (Wildman–Crippen LogP) is 9.07. The van der Waals surface area contributed by atoms with Gasteiger partial charge in [0, 0.05) is 24.4 Å². The molecule has 0 fully saturated rings. The standard InChI is InChI=1S/C30H33FN2O3.C8H10.CH4O.CH2O/c1-5-30(3,4)17-25-20(2)29(33(19-34)26-12-9-13-27(35)28(26)32-25)23-15-14-22(16-24(23)31)36-18-21-10-7-6-8-11-21;1-7-5-3-4-6-8(7)2;2*1-2/h6-16,19,29,32,35H,5,17-18H2,1-4H3;3-6H,1-2H3;2H,1H3;1H2. The first-order chi connectivity index (χ1) is 23.0. The van der Waals surface area contributed by atoms with Crippen LogP contribution < -0.4 is 15.0 Å². The van der Waals surface area contributed by atoms with Crippen molar-refractivity contribution in [2.75, 3.05) is 17.3 Å². The van der Waals surface area contributed by atoms with E-state index in [2.05, 4.69) is 64.2 Å². The number of benzene rings is 4. The predicted molar refractivity (Wildman–Crippen MR) is 193 cm³/mol. The van der Waals surface area contributed by atoms with Crippen LogP contribution in [-0.4, -0.2) is 30.5 Å². The molecule has 0 bridgehead atoms. The zero-order valence-corrected chi connectivity index (χ0v) is 29.1. The summed E-state index contributed by atoms with van der Waals surface area (Å²) in [4.78, 5) is 21.9. The maximum atomic E-state index is 15.6. The summed E-state index contributed by atoms with van der Waals surface area (Å²) in [6.45, 7) is 14.9. The number of rotatable bonds is 8. The van der Waals surface area contributed by atoms with E-state index in [1.807, 2.05) is 44.0 Å². The number of ether oxygens (including phenoxy) is 1. The number of anilines is 2. The molecule has 0 aliphatic carbocycles. The maximum absolute atomic E-state index is 15.6. The summed E-state index contributed by atoms with van der Waals surface area (Å²) < 4.78 is 21.5.